The third kappa shape index (κ3) is 3.57. The number of hydrogen-bond donors (Lipinski definition) is 0. The van der Waals surface area contributed by atoms with Gasteiger partial charge >= 0.3 is 0 Å². The molecule has 0 amide bonds. The molecule has 0 saturated heterocycles. The standard InChI is InChI=1S/C14H10O.C6H4N2O4/c15-9-14-12-7-3-1-5-10(12)11-6-2-4-8-13(11)14;9-7(10)5-1-2-6(4-3-5)8(11)12/h1-9,14H;1-4H. The summed E-state index contributed by atoms with van der Waals surface area (Å²) in [6.45, 7) is 0. The fourth-order valence-electron chi connectivity index (χ4n) is 3.04. The topological polar surface area (TPSA) is 103 Å². The second kappa shape index (κ2) is 7.57. The summed E-state index contributed by atoms with van der Waals surface area (Å²) in [5, 5.41) is 20.2. The van der Waals surface area contributed by atoms with Gasteiger partial charge in [0.15, 0.2) is 0 Å². The average Bonchev–Trinajstić information content (AvgIpc) is 3.02. The maximum absolute atomic E-state index is 11.1. The molecule has 1 aliphatic carbocycles. The first kappa shape index (κ1) is 17.9. The van der Waals surface area contributed by atoms with Crippen LogP contribution < -0.4 is 0 Å². The maximum atomic E-state index is 11.1. The van der Waals surface area contributed by atoms with Gasteiger partial charge in [0.1, 0.15) is 6.29 Å². The Labute approximate surface area is 154 Å². The number of benzene rings is 3. The minimum absolute atomic E-state index is 0.0719. The predicted octanol–water partition coefficient (Wildman–Crippen LogP) is 4.50. The number of carbonyl (C=O) groups excluding carboxylic acids is 1. The smallest absolute Gasteiger partial charge is 0.269 e. The van der Waals surface area contributed by atoms with Gasteiger partial charge in [0.2, 0.25) is 0 Å². The predicted molar refractivity (Wildman–Crippen MR) is 99.5 cm³/mol. The fourth-order valence-corrected chi connectivity index (χ4v) is 3.04. The molecular formula is C20H14N2O5. The number of hydrogen-bond acceptors (Lipinski definition) is 5. The van der Waals surface area contributed by atoms with Crippen LogP contribution in [0.1, 0.15) is 17.0 Å². The van der Waals surface area contributed by atoms with Crippen molar-refractivity contribution >= 4 is 17.7 Å². The molecule has 3 aromatic rings. The van der Waals surface area contributed by atoms with Crippen LogP contribution in [0.3, 0.4) is 0 Å². The summed E-state index contributed by atoms with van der Waals surface area (Å²) in [6.07, 6.45) is 1.03. The van der Waals surface area contributed by atoms with Gasteiger partial charge in [0, 0.05) is 24.3 Å². The van der Waals surface area contributed by atoms with E-state index in [0.717, 1.165) is 41.7 Å². The van der Waals surface area contributed by atoms with Gasteiger partial charge in [0.05, 0.1) is 15.8 Å². The lowest BCUT2D eigenvalue weighted by Crippen LogP contribution is -1.96. The van der Waals surface area contributed by atoms with Gasteiger partial charge in [-0.3, -0.25) is 20.2 Å². The number of nitro benzene ring substituents is 2. The lowest BCUT2D eigenvalue weighted by Gasteiger charge is -2.03. The average molecular weight is 362 g/mol. The molecule has 0 saturated carbocycles. The van der Waals surface area contributed by atoms with Crippen molar-refractivity contribution in [3.63, 3.8) is 0 Å². The fraction of sp³-hybridized carbons (Fsp3) is 0.0500. The molecule has 0 atom stereocenters. The molecular weight excluding hydrogens is 348 g/mol. The molecule has 0 spiro atoms. The first-order valence-electron chi connectivity index (χ1n) is 8.05. The van der Waals surface area contributed by atoms with Crippen LogP contribution in [0.4, 0.5) is 11.4 Å². The number of rotatable bonds is 3. The summed E-state index contributed by atoms with van der Waals surface area (Å²) >= 11 is 0. The summed E-state index contributed by atoms with van der Waals surface area (Å²) < 4.78 is 0. The van der Waals surface area contributed by atoms with E-state index in [0.29, 0.717) is 0 Å². The van der Waals surface area contributed by atoms with E-state index in [2.05, 4.69) is 12.1 Å². The number of fused-ring (bicyclic) bond motifs is 3. The van der Waals surface area contributed by atoms with E-state index < -0.39 is 9.85 Å². The van der Waals surface area contributed by atoms with Gasteiger partial charge in [-0.2, -0.15) is 0 Å². The molecule has 4 rings (SSSR count). The molecule has 0 fully saturated rings. The van der Waals surface area contributed by atoms with Gasteiger partial charge < -0.3 is 4.79 Å². The van der Waals surface area contributed by atoms with Crippen LogP contribution in [0, 0.1) is 20.2 Å². The number of aldehydes is 1. The van der Waals surface area contributed by atoms with Crippen LogP contribution in [0.2, 0.25) is 0 Å². The van der Waals surface area contributed by atoms with Crippen molar-refractivity contribution in [3.05, 3.63) is 104 Å². The van der Waals surface area contributed by atoms with Crippen molar-refractivity contribution in [3.8, 4) is 11.1 Å². The quantitative estimate of drug-likeness (QED) is 0.388. The largest absolute Gasteiger partial charge is 0.302 e. The highest BCUT2D eigenvalue weighted by Crippen LogP contribution is 2.43. The normalized spacial score (nSPS) is 11.6. The van der Waals surface area contributed by atoms with Crippen LogP contribution in [-0.4, -0.2) is 16.1 Å². The van der Waals surface area contributed by atoms with Crippen LogP contribution in [0.15, 0.2) is 72.8 Å². The minimum Gasteiger partial charge on any atom is -0.302 e. The lowest BCUT2D eigenvalue weighted by molar-refractivity contribution is -0.389. The Kier molecular flexibility index (Phi) is 5.03. The zero-order valence-electron chi connectivity index (χ0n) is 14.0. The van der Waals surface area contributed by atoms with Crippen LogP contribution in [-0.2, 0) is 4.79 Å². The van der Waals surface area contributed by atoms with Crippen LogP contribution in [0.5, 0.6) is 0 Å². The summed E-state index contributed by atoms with van der Waals surface area (Å²) in [5.41, 5.74) is 4.36. The van der Waals surface area contributed by atoms with Crippen molar-refractivity contribution in [2.45, 2.75) is 5.92 Å². The first-order chi connectivity index (χ1) is 13.0. The van der Waals surface area contributed by atoms with Crippen molar-refractivity contribution in [1.82, 2.24) is 0 Å². The lowest BCUT2D eigenvalue weighted by atomic mass is 9.99. The maximum Gasteiger partial charge on any atom is 0.269 e. The molecule has 7 nitrogen and oxygen atoms in total. The Morgan fingerprint density at radius 3 is 1.37 bits per heavy atom. The highest BCUT2D eigenvalue weighted by molar-refractivity contribution is 5.87. The monoisotopic (exact) mass is 362 g/mol. The van der Waals surface area contributed by atoms with Crippen molar-refractivity contribution < 1.29 is 14.6 Å². The second-order valence-corrected chi connectivity index (χ2v) is 5.82. The molecule has 0 N–H and O–H groups in total. The molecule has 0 heterocycles. The zero-order chi connectivity index (χ0) is 19.4. The van der Waals surface area contributed by atoms with Crippen LogP contribution in [0.25, 0.3) is 11.1 Å². The van der Waals surface area contributed by atoms with E-state index in [1.54, 1.807) is 0 Å². The molecule has 0 bridgehead atoms. The van der Waals surface area contributed by atoms with E-state index in [-0.39, 0.29) is 17.3 Å². The molecule has 27 heavy (non-hydrogen) atoms. The Balaban J connectivity index is 0.000000161. The molecule has 1 aliphatic rings. The first-order valence-corrected chi connectivity index (χ1v) is 8.05. The number of carbonyl (C=O) groups is 1. The molecule has 3 aromatic carbocycles. The van der Waals surface area contributed by atoms with Gasteiger partial charge in [0.25, 0.3) is 11.4 Å². The molecule has 134 valence electrons. The minimum atomic E-state index is -0.607. The van der Waals surface area contributed by atoms with Gasteiger partial charge in [-0.15, -0.1) is 0 Å². The van der Waals surface area contributed by atoms with E-state index in [1.807, 2.05) is 36.4 Å². The molecule has 0 aromatic heterocycles. The highest BCUT2D eigenvalue weighted by atomic mass is 16.6. The van der Waals surface area contributed by atoms with E-state index in [4.69, 9.17) is 0 Å². The molecule has 7 heteroatoms. The van der Waals surface area contributed by atoms with Crippen molar-refractivity contribution in [2.24, 2.45) is 0 Å². The Hall–Kier alpha value is -3.87. The van der Waals surface area contributed by atoms with Crippen LogP contribution >= 0.6 is 0 Å². The molecule has 0 radical (unpaired) electrons. The van der Waals surface area contributed by atoms with Gasteiger partial charge in [-0.25, -0.2) is 0 Å². The van der Waals surface area contributed by atoms with Gasteiger partial charge in [-0.1, -0.05) is 48.5 Å². The Morgan fingerprint density at radius 1 is 0.667 bits per heavy atom. The third-order valence-corrected chi connectivity index (χ3v) is 4.29. The highest BCUT2D eigenvalue weighted by Gasteiger charge is 2.26. The summed E-state index contributed by atoms with van der Waals surface area (Å²) in [4.78, 5) is 30.2. The number of non-ortho nitro benzene ring substituents is 2. The van der Waals surface area contributed by atoms with E-state index in [1.165, 1.54) is 11.1 Å². The Morgan fingerprint density at radius 2 is 1.04 bits per heavy atom. The SMILES string of the molecule is O=CC1c2ccccc2-c2ccccc21.O=[N+]([O-])c1ccc([N+](=O)[O-])cc1. The van der Waals surface area contributed by atoms with Crippen molar-refractivity contribution in [1.29, 1.82) is 0 Å². The second-order valence-electron chi connectivity index (χ2n) is 5.82. The summed E-state index contributed by atoms with van der Waals surface area (Å²) in [5.74, 6) is -0.0719. The van der Waals surface area contributed by atoms with E-state index in [9.17, 15) is 25.0 Å². The van der Waals surface area contributed by atoms with Crippen molar-refractivity contribution in [2.75, 3.05) is 0 Å². The zero-order valence-corrected chi connectivity index (χ0v) is 14.0. The number of nitrogens with zero attached hydrogens (tertiary/aromatic N) is 2. The Bertz CT molecular complexity index is 936. The van der Waals surface area contributed by atoms with E-state index >= 15 is 0 Å². The van der Waals surface area contributed by atoms with Gasteiger partial charge in [-0.05, 0) is 22.3 Å². The third-order valence-electron chi connectivity index (χ3n) is 4.29. The summed E-state index contributed by atoms with van der Waals surface area (Å²) in [7, 11) is 0. The molecule has 0 unspecified atom stereocenters. The summed E-state index contributed by atoms with van der Waals surface area (Å²) in [6, 6.07) is 20.6. The number of nitro groups is 2. The molecule has 0 aliphatic heterocycles.